The second-order valence-corrected chi connectivity index (χ2v) is 4.18. The number of carbonyl (C=O) groups excluding carboxylic acids is 1. The van der Waals surface area contributed by atoms with Gasteiger partial charge in [-0.2, -0.15) is 0 Å². The molecule has 4 heteroatoms. The van der Waals surface area contributed by atoms with Crippen LogP contribution in [-0.2, 0) is 0 Å². The van der Waals surface area contributed by atoms with Crippen molar-refractivity contribution >= 4 is 6.09 Å². The summed E-state index contributed by atoms with van der Waals surface area (Å²) in [5.74, 6) is 0.575. The number of hydrogen-bond acceptors (Lipinski definition) is 3. The average molecular weight is 234 g/mol. The Kier molecular flexibility index (Phi) is 4.38. The van der Waals surface area contributed by atoms with Crippen LogP contribution >= 0.6 is 0 Å². The van der Waals surface area contributed by atoms with Crippen LogP contribution in [0.5, 0.6) is 5.75 Å². The summed E-state index contributed by atoms with van der Waals surface area (Å²) in [4.78, 5) is 13.8. The van der Waals surface area contributed by atoms with Crippen molar-refractivity contribution in [3.8, 4) is 5.75 Å². The van der Waals surface area contributed by atoms with Crippen LogP contribution < -0.4 is 10.1 Å². The number of hydrogen-bond donors (Lipinski definition) is 1. The fourth-order valence-corrected chi connectivity index (χ4v) is 1.95. The van der Waals surface area contributed by atoms with E-state index in [1.54, 1.807) is 12.1 Å². The van der Waals surface area contributed by atoms with Crippen molar-refractivity contribution in [1.29, 1.82) is 0 Å². The van der Waals surface area contributed by atoms with Crippen LogP contribution in [-0.4, -0.2) is 37.2 Å². The topological polar surface area (TPSA) is 41.6 Å². The molecule has 0 unspecified atom stereocenters. The van der Waals surface area contributed by atoms with Crippen molar-refractivity contribution < 1.29 is 9.53 Å². The van der Waals surface area contributed by atoms with Gasteiger partial charge in [-0.3, -0.25) is 0 Å². The van der Waals surface area contributed by atoms with E-state index in [0.29, 0.717) is 12.3 Å². The van der Waals surface area contributed by atoms with Crippen molar-refractivity contribution in [2.45, 2.75) is 12.8 Å². The molecule has 92 valence electrons. The third kappa shape index (κ3) is 4.07. The van der Waals surface area contributed by atoms with Crippen LogP contribution in [0.4, 0.5) is 4.79 Å². The van der Waals surface area contributed by atoms with Crippen LogP contribution in [0.15, 0.2) is 30.3 Å². The smallest absolute Gasteiger partial charge is 0.410 e. The zero-order valence-electron chi connectivity index (χ0n) is 9.89. The van der Waals surface area contributed by atoms with Gasteiger partial charge in [0, 0.05) is 13.1 Å². The SMILES string of the molecule is O=C(NCCN1CCCC1)Oc1ccccc1. The molecule has 1 aliphatic heterocycles. The van der Waals surface area contributed by atoms with Crippen molar-refractivity contribution in [2.75, 3.05) is 26.2 Å². The number of nitrogens with one attached hydrogen (secondary N) is 1. The number of amides is 1. The third-order valence-electron chi connectivity index (χ3n) is 2.85. The fraction of sp³-hybridized carbons (Fsp3) is 0.462. The van der Waals surface area contributed by atoms with E-state index in [1.165, 1.54) is 12.8 Å². The first kappa shape index (κ1) is 11.9. The molecule has 1 aromatic rings. The van der Waals surface area contributed by atoms with E-state index in [-0.39, 0.29) is 6.09 Å². The highest BCUT2D eigenvalue weighted by atomic mass is 16.5. The predicted molar refractivity (Wildman–Crippen MR) is 66.1 cm³/mol. The number of rotatable bonds is 4. The molecule has 2 rings (SSSR count). The molecule has 0 bridgehead atoms. The quantitative estimate of drug-likeness (QED) is 0.864. The molecule has 1 N–H and O–H groups in total. The molecule has 17 heavy (non-hydrogen) atoms. The van der Waals surface area contributed by atoms with E-state index in [1.807, 2.05) is 18.2 Å². The third-order valence-corrected chi connectivity index (χ3v) is 2.85. The molecule has 1 heterocycles. The van der Waals surface area contributed by atoms with Crippen LogP contribution in [0.2, 0.25) is 0 Å². The Morgan fingerprint density at radius 1 is 1.24 bits per heavy atom. The molecule has 1 amide bonds. The van der Waals surface area contributed by atoms with E-state index >= 15 is 0 Å². The first-order valence-corrected chi connectivity index (χ1v) is 6.08. The number of nitrogens with zero attached hydrogens (tertiary/aromatic N) is 1. The number of benzene rings is 1. The van der Waals surface area contributed by atoms with E-state index in [9.17, 15) is 4.79 Å². The molecule has 0 aromatic heterocycles. The van der Waals surface area contributed by atoms with E-state index in [4.69, 9.17) is 4.74 Å². The van der Waals surface area contributed by atoms with Gasteiger partial charge >= 0.3 is 6.09 Å². The molecular weight excluding hydrogens is 216 g/mol. The molecule has 0 aliphatic carbocycles. The summed E-state index contributed by atoms with van der Waals surface area (Å²) in [6.07, 6.45) is 2.17. The van der Waals surface area contributed by atoms with Gasteiger partial charge in [-0.05, 0) is 38.1 Å². The summed E-state index contributed by atoms with van der Waals surface area (Å²) in [6, 6.07) is 9.10. The van der Waals surface area contributed by atoms with Gasteiger partial charge < -0.3 is 15.0 Å². The lowest BCUT2D eigenvalue weighted by atomic mass is 10.3. The molecule has 0 radical (unpaired) electrons. The van der Waals surface area contributed by atoms with Crippen LogP contribution in [0.1, 0.15) is 12.8 Å². The highest BCUT2D eigenvalue weighted by Crippen LogP contribution is 2.08. The maximum Gasteiger partial charge on any atom is 0.412 e. The van der Waals surface area contributed by atoms with Gasteiger partial charge in [0.25, 0.3) is 0 Å². The van der Waals surface area contributed by atoms with Gasteiger partial charge in [0.2, 0.25) is 0 Å². The molecule has 4 nitrogen and oxygen atoms in total. The number of carbonyl (C=O) groups is 1. The van der Waals surface area contributed by atoms with Gasteiger partial charge in [0.15, 0.2) is 0 Å². The maximum atomic E-state index is 11.4. The lowest BCUT2D eigenvalue weighted by Gasteiger charge is -2.14. The number of para-hydroxylation sites is 1. The largest absolute Gasteiger partial charge is 0.412 e. The Balaban J connectivity index is 1.64. The van der Waals surface area contributed by atoms with Gasteiger partial charge in [0.05, 0.1) is 0 Å². The minimum Gasteiger partial charge on any atom is -0.410 e. The van der Waals surface area contributed by atoms with Crippen molar-refractivity contribution in [1.82, 2.24) is 10.2 Å². The molecule has 0 saturated carbocycles. The van der Waals surface area contributed by atoms with Crippen molar-refractivity contribution in [3.05, 3.63) is 30.3 Å². The standard InChI is InChI=1S/C13H18N2O2/c16-13(17-12-6-2-1-3-7-12)14-8-11-15-9-4-5-10-15/h1-3,6-7H,4-5,8-11H2,(H,14,16). The number of likely N-dealkylation sites (tertiary alicyclic amines) is 1. The highest BCUT2D eigenvalue weighted by molar-refractivity contribution is 5.70. The molecular formula is C13H18N2O2. The molecule has 1 aliphatic rings. The van der Waals surface area contributed by atoms with E-state index in [0.717, 1.165) is 19.6 Å². The van der Waals surface area contributed by atoms with Crippen LogP contribution in [0.25, 0.3) is 0 Å². The summed E-state index contributed by atoms with van der Waals surface area (Å²) in [6.45, 7) is 3.85. The lowest BCUT2D eigenvalue weighted by molar-refractivity contribution is 0.198. The van der Waals surface area contributed by atoms with Gasteiger partial charge in [-0.25, -0.2) is 4.79 Å². The van der Waals surface area contributed by atoms with E-state index < -0.39 is 0 Å². The summed E-state index contributed by atoms with van der Waals surface area (Å²) in [7, 11) is 0. The van der Waals surface area contributed by atoms with Gasteiger partial charge in [-0.15, -0.1) is 0 Å². The first-order chi connectivity index (χ1) is 8.34. The molecule has 1 aromatic carbocycles. The summed E-state index contributed by atoms with van der Waals surface area (Å²) < 4.78 is 5.11. The minimum absolute atomic E-state index is 0.379. The monoisotopic (exact) mass is 234 g/mol. The Hall–Kier alpha value is -1.55. The second-order valence-electron chi connectivity index (χ2n) is 4.18. The van der Waals surface area contributed by atoms with Crippen molar-refractivity contribution in [2.24, 2.45) is 0 Å². The van der Waals surface area contributed by atoms with Crippen molar-refractivity contribution in [3.63, 3.8) is 0 Å². The predicted octanol–water partition coefficient (Wildman–Crippen LogP) is 1.87. The molecule has 0 atom stereocenters. The average Bonchev–Trinajstić information content (AvgIpc) is 2.83. The lowest BCUT2D eigenvalue weighted by Crippen LogP contribution is -2.35. The minimum atomic E-state index is -0.379. The Bertz CT molecular complexity index is 348. The summed E-state index contributed by atoms with van der Waals surface area (Å²) in [5.41, 5.74) is 0. The summed E-state index contributed by atoms with van der Waals surface area (Å²) >= 11 is 0. The Labute approximate surface area is 102 Å². The van der Waals surface area contributed by atoms with E-state index in [2.05, 4.69) is 10.2 Å². The second kappa shape index (κ2) is 6.25. The first-order valence-electron chi connectivity index (χ1n) is 6.08. The van der Waals surface area contributed by atoms with Gasteiger partial charge in [-0.1, -0.05) is 18.2 Å². The number of ether oxygens (including phenoxy) is 1. The highest BCUT2D eigenvalue weighted by Gasteiger charge is 2.11. The zero-order valence-corrected chi connectivity index (χ0v) is 9.89. The Morgan fingerprint density at radius 2 is 1.94 bits per heavy atom. The normalized spacial score (nSPS) is 15.8. The van der Waals surface area contributed by atoms with Crippen LogP contribution in [0.3, 0.4) is 0 Å². The molecule has 0 spiro atoms. The fourth-order valence-electron chi connectivity index (χ4n) is 1.95. The maximum absolute atomic E-state index is 11.4. The molecule has 1 saturated heterocycles. The molecule has 1 fully saturated rings. The van der Waals surface area contributed by atoms with Crippen LogP contribution in [0, 0.1) is 0 Å². The summed E-state index contributed by atoms with van der Waals surface area (Å²) in [5, 5.41) is 2.76. The van der Waals surface area contributed by atoms with Gasteiger partial charge in [0.1, 0.15) is 5.75 Å². The Morgan fingerprint density at radius 3 is 2.65 bits per heavy atom. The zero-order chi connectivity index (χ0) is 11.9.